The predicted molar refractivity (Wildman–Crippen MR) is 61.8 cm³/mol. The van der Waals surface area contributed by atoms with E-state index in [1.807, 2.05) is 26.1 Å². The quantitative estimate of drug-likeness (QED) is 0.732. The summed E-state index contributed by atoms with van der Waals surface area (Å²) >= 11 is 0. The lowest BCUT2D eigenvalue weighted by atomic mass is 10.2. The molecular formula is C11H19N3O. The molecule has 0 bridgehead atoms. The topological polar surface area (TPSA) is 48.4 Å². The standard InChI is InChI=1S/C11H19N3O/c1-3-12-11-8-10(4-5-13-11)9-14(2)6-7-15/h4-5,8,15H,3,6-7,9H2,1-2H3,(H,12,13). The van der Waals surface area contributed by atoms with Crippen LogP contribution in [0.3, 0.4) is 0 Å². The Bertz CT molecular complexity index is 291. The lowest BCUT2D eigenvalue weighted by Crippen LogP contribution is -2.21. The predicted octanol–water partition coefficient (Wildman–Crippen LogP) is 0.937. The van der Waals surface area contributed by atoms with Gasteiger partial charge < -0.3 is 10.4 Å². The van der Waals surface area contributed by atoms with Gasteiger partial charge in [0.25, 0.3) is 0 Å². The molecule has 1 heterocycles. The van der Waals surface area contributed by atoms with Gasteiger partial charge in [0.15, 0.2) is 0 Å². The van der Waals surface area contributed by atoms with Gasteiger partial charge >= 0.3 is 0 Å². The molecule has 0 atom stereocenters. The molecule has 0 aliphatic carbocycles. The number of likely N-dealkylation sites (N-methyl/N-ethyl adjacent to an activating group) is 1. The Kier molecular flexibility index (Phi) is 5.07. The Hall–Kier alpha value is -1.13. The molecule has 1 rings (SSSR count). The zero-order valence-electron chi connectivity index (χ0n) is 9.40. The van der Waals surface area contributed by atoms with Crippen molar-refractivity contribution in [3.63, 3.8) is 0 Å². The molecule has 0 aliphatic rings. The van der Waals surface area contributed by atoms with Crippen LogP contribution in [0.15, 0.2) is 18.3 Å². The lowest BCUT2D eigenvalue weighted by Gasteiger charge is -2.15. The van der Waals surface area contributed by atoms with Crippen LogP contribution in [0.2, 0.25) is 0 Å². The van der Waals surface area contributed by atoms with E-state index in [9.17, 15) is 0 Å². The molecule has 15 heavy (non-hydrogen) atoms. The first-order valence-electron chi connectivity index (χ1n) is 5.24. The van der Waals surface area contributed by atoms with E-state index in [2.05, 4.69) is 15.2 Å². The molecule has 84 valence electrons. The zero-order chi connectivity index (χ0) is 11.1. The maximum atomic E-state index is 8.79. The number of nitrogens with one attached hydrogen (secondary N) is 1. The molecule has 1 aromatic rings. The molecule has 0 spiro atoms. The van der Waals surface area contributed by atoms with Crippen molar-refractivity contribution in [3.8, 4) is 0 Å². The highest BCUT2D eigenvalue weighted by Crippen LogP contribution is 2.08. The van der Waals surface area contributed by atoms with Gasteiger partial charge in [0.1, 0.15) is 5.82 Å². The normalized spacial score (nSPS) is 10.7. The number of aliphatic hydroxyl groups is 1. The molecular weight excluding hydrogens is 190 g/mol. The monoisotopic (exact) mass is 209 g/mol. The van der Waals surface area contributed by atoms with Gasteiger partial charge in [-0.25, -0.2) is 4.98 Å². The molecule has 0 aromatic carbocycles. The van der Waals surface area contributed by atoms with Gasteiger partial charge in [-0.05, 0) is 31.7 Å². The van der Waals surface area contributed by atoms with Gasteiger partial charge in [-0.3, -0.25) is 4.90 Å². The largest absolute Gasteiger partial charge is 0.395 e. The summed E-state index contributed by atoms with van der Waals surface area (Å²) in [6, 6.07) is 4.03. The minimum Gasteiger partial charge on any atom is -0.395 e. The highest BCUT2D eigenvalue weighted by molar-refractivity contribution is 5.37. The molecule has 2 N–H and O–H groups in total. The fraction of sp³-hybridized carbons (Fsp3) is 0.545. The van der Waals surface area contributed by atoms with Crippen LogP contribution in [0.4, 0.5) is 5.82 Å². The van der Waals surface area contributed by atoms with Crippen LogP contribution >= 0.6 is 0 Å². The van der Waals surface area contributed by atoms with Crippen LogP contribution in [0.25, 0.3) is 0 Å². The first-order chi connectivity index (χ1) is 7.26. The second-order valence-electron chi connectivity index (χ2n) is 3.54. The lowest BCUT2D eigenvalue weighted by molar-refractivity contribution is 0.217. The van der Waals surface area contributed by atoms with Gasteiger partial charge in [0.05, 0.1) is 6.61 Å². The summed E-state index contributed by atoms with van der Waals surface area (Å²) in [5, 5.41) is 12.0. The molecule has 0 saturated heterocycles. The maximum absolute atomic E-state index is 8.79. The molecule has 0 aliphatic heterocycles. The first kappa shape index (κ1) is 11.9. The summed E-state index contributed by atoms with van der Waals surface area (Å²) < 4.78 is 0. The third-order valence-corrected chi connectivity index (χ3v) is 2.12. The Morgan fingerprint density at radius 1 is 1.53 bits per heavy atom. The number of aromatic nitrogens is 1. The highest BCUT2D eigenvalue weighted by atomic mass is 16.3. The van der Waals surface area contributed by atoms with Gasteiger partial charge in [-0.1, -0.05) is 0 Å². The first-order valence-corrected chi connectivity index (χ1v) is 5.24. The molecule has 1 aromatic heterocycles. The smallest absolute Gasteiger partial charge is 0.126 e. The summed E-state index contributed by atoms with van der Waals surface area (Å²) in [4.78, 5) is 6.28. The van der Waals surface area contributed by atoms with Crippen molar-refractivity contribution < 1.29 is 5.11 Å². The van der Waals surface area contributed by atoms with Crippen molar-refractivity contribution in [2.45, 2.75) is 13.5 Å². The van der Waals surface area contributed by atoms with Crippen LogP contribution in [-0.2, 0) is 6.54 Å². The SMILES string of the molecule is CCNc1cc(CN(C)CCO)ccn1. The summed E-state index contributed by atoms with van der Waals surface area (Å²) in [5.74, 6) is 0.910. The van der Waals surface area contributed by atoms with Crippen molar-refractivity contribution >= 4 is 5.82 Å². The summed E-state index contributed by atoms with van der Waals surface area (Å²) in [7, 11) is 1.99. The number of anilines is 1. The van der Waals surface area contributed by atoms with E-state index in [1.165, 1.54) is 5.56 Å². The average molecular weight is 209 g/mol. The molecule has 4 nitrogen and oxygen atoms in total. The molecule has 0 fully saturated rings. The minimum atomic E-state index is 0.196. The number of nitrogens with zero attached hydrogens (tertiary/aromatic N) is 2. The Morgan fingerprint density at radius 2 is 2.33 bits per heavy atom. The fourth-order valence-corrected chi connectivity index (χ4v) is 1.41. The third kappa shape index (κ3) is 4.27. The summed E-state index contributed by atoms with van der Waals surface area (Å²) in [6.07, 6.45) is 1.81. The second kappa shape index (κ2) is 6.37. The van der Waals surface area contributed by atoms with E-state index in [0.717, 1.165) is 18.9 Å². The Morgan fingerprint density at radius 3 is 3.00 bits per heavy atom. The molecule has 0 radical (unpaired) electrons. The van der Waals surface area contributed by atoms with Gasteiger partial charge in [0, 0.05) is 25.8 Å². The van der Waals surface area contributed by atoms with Crippen molar-refractivity contribution in [2.24, 2.45) is 0 Å². The van der Waals surface area contributed by atoms with Crippen molar-refractivity contribution in [1.82, 2.24) is 9.88 Å². The maximum Gasteiger partial charge on any atom is 0.126 e. The number of hydrogen-bond acceptors (Lipinski definition) is 4. The summed E-state index contributed by atoms with van der Waals surface area (Å²) in [6.45, 7) is 4.65. The average Bonchev–Trinajstić information content (AvgIpc) is 2.19. The molecule has 0 unspecified atom stereocenters. The number of aliphatic hydroxyl groups excluding tert-OH is 1. The van der Waals surface area contributed by atoms with Crippen LogP contribution in [0.1, 0.15) is 12.5 Å². The molecule has 4 heteroatoms. The minimum absolute atomic E-state index is 0.196. The van der Waals surface area contributed by atoms with E-state index < -0.39 is 0 Å². The number of rotatable bonds is 6. The van der Waals surface area contributed by atoms with E-state index >= 15 is 0 Å². The van der Waals surface area contributed by atoms with Crippen LogP contribution in [0, 0.1) is 0 Å². The van der Waals surface area contributed by atoms with Gasteiger partial charge in [0.2, 0.25) is 0 Å². The highest BCUT2D eigenvalue weighted by Gasteiger charge is 2.00. The third-order valence-electron chi connectivity index (χ3n) is 2.12. The second-order valence-corrected chi connectivity index (χ2v) is 3.54. The van der Waals surface area contributed by atoms with Crippen LogP contribution in [0.5, 0.6) is 0 Å². The summed E-state index contributed by atoms with van der Waals surface area (Å²) in [5.41, 5.74) is 1.21. The molecule has 0 amide bonds. The van der Waals surface area contributed by atoms with Gasteiger partial charge in [-0.15, -0.1) is 0 Å². The van der Waals surface area contributed by atoms with E-state index in [0.29, 0.717) is 6.54 Å². The van der Waals surface area contributed by atoms with Crippen molar-refractivity contribution in [1.29, 1.82) is 0 Å². The van der Waals surface area contributed by atoms with Crippen molar-refractivity contribution in [3.05, 3.63) is 23.9 Å². The van der Waals surface area contributed by atoms with E-state index in [1.54, 1.807) is 6.20 Å². The number of hydrogen-bond donors (Lipinski definition) is 2. The zero-order valence-corrected chi connectivity index (χ0v) is 9.40. The Labute approximate surface area is 90.9 Å². The number of pyridine rings is 1. The van der Waals surface area contributed by atoms with E-state index in [-0.39, 0.29) is 6.61 Å². The fourth-order valence-electron chi connectivity index (χ4n) is 1.41. The van der Waals surface area contributed by atoms with Crippen LogP contribution < -0.4 is 5.32 Å². The van der Waals surface area contributed by atoms with Crippen LogP contribution in [-0.4, -0.2) is 41.7 Å². The van der Waals surface area contributed by atoms with Crippen molar-refractivity contribution in [2.75, 3.05) is 32.1 Å². The van der Waals surface area contributed by atoms with E-state index in [4.69, 9.17) is 5.11 Å². The Balaban J connectivity index is 2.56. The van der Waals surface area contributed by atoms with Gasteiger partial charge in [-0.2, -0.15) is 0 Å². The molecule has 0 saturated carbocycles.